The lowest BCUT2D eigenvalue weighted by atomic mass is 10.1. The van der Waals surface area contributed by atoms with Crippen molar-refractivity contribution in [2.45, 2.75) is 10.6 Å². The van der Waals surface area contributed by atoms with Gasteiger partial charge in [0.05, 0.1) is 25.3 Å². The molecule has 1 amide bonds. The van der Waals surface area contributed by atoms with Crippen LogP contribution < -0.4 is 14.8 Å². The average Bonchev–Trinajstić information content (AvgIpc) is 2.83. The minimum Gasteiger partial charge on any atom is -0.493 e. The maximum absolute atomic E-state index is 12.9. The molecule has 4 rings (SSSR count). The third-order valence-corrected chi connectivity index (χ3v) is 6.33. The maximum Gasteiger partial charge on any atom is 0.256 e. The molecule has 0 aliphatic heterocycles. The summed E-state index contributed by atoms with van der Waals surface area (Å²) in [7, 11) is 3.22. The highest BCUT2D eigenvalue weighted by Gasteiger charge is 2.14. The highest BCUT2D eigenvalue weighted by molar-refractivity contribution is 7.98. The normalized spacial score (nSPS) is 10.7. The van der Waals surface area contributed by atoms with Crippen molar-refractivity contribution in [2.24, 2.45) is 0 Å². The van der Waals surface area contributed by atoms with Gasteiger partial charge in [0.15, 0.2) is 11.5 Å². The number of thioether (sulfide) groups is 1. The third kappa shape index (κ3) is 4.82. The molecule has 5 nitrogen and oxygen atoms in total. The Labute approximate surface area is 195 Å². The van der Waals surface area contributed by atoms with Crippen LogP contribution in [0, 0.1) is 0 Å². The Kier molecular flexibility index (Phi) is 6.83. The third-order valence-electron chi connectivity index (χ3n) is 4.95. The van der Waals surface area contributed by atoms with E-state index in [2.05, 4.69) is 10.3 Å². The standard InChI is InChI=1S/C25H21ClN2O3S/c1-30-22-13-20-16(11-12-27-21(20)14-23(22)31-2)15-32-24-6-4-3-5-19(24)25(29)28-18-9-7-17(26)8-10-18/h3-14H,15H2,1-2H3,(H,28,29). The first kappa shape index (κ1) is 22.0. The van der Waals surface area contributed by atoms with Crippen LogP contribution in [0.1, 0.15) is 15.9 Å². The Hall–Kier alpha value is -3.22. The van der Waals surface area contributed by atoms with Crippen LogP contribution >= 0.6 is 23.4 Å². The number of halogens is 1. The first-order valence-corrected chi connectivity index (χ1v) is 11.2. The molecule has 1 heterocycles. The predicted octanol–water partition coefficient (Wildman–Crippen LogP) is 6.45. The molecule has 0 aliphatic carbocycles. The number of hydrogen-bond acceptors (Lipinski definition) is 5. The van der Waals surface area contributed by atoms with Gasteiger partial charge in [-0.3, -0.25) is 9.78 Å². The Morgan fingerprint density at radius 1 is 1.00 bits per heavy atom. The van der Waals surface area contributed by atoms with Crippen LogP contribution in [0.25, 0.3) is 10.9 Å². The van der Waals surface area contributed by atoms with Gasteiger partial charge in [-0.1, -0.05) is 23.7 Å². The topological polar surface area (TPSA) is 60.5 Å². The molecule has 0 unspecified atom stereocenters. The summed E-state index contributed by atoms with van der Waals surface area (Å²) in [6.07, 6.45) is 1.78. The fourth-order valence-corrected chi connectivity index (χ4v) is 4.50. The van der Waals surface area contributed by atoms with Crippen molar-refractivity contribution < 1.29 is 14.3 Å². The van der Waals surface area contributed by atoms with Crippen LogP contribution in [-0.2, 0) is 5.75 Å². The van der Waals surface area contributed by atoms with Gasteiger partial charge in [0.1, 0.15) is 0 Å². The quantitative estimate of drug-likeness (QED) is 0.318. The van der Waals surface area contributed by atoms with Crippen LogP contribution in [0.3, 0.4) is 0 Å². The molecule has 162 valence electrons. The summed E-state index contributed by atoms with van der Waals surface area (Å²) in [6.45, 7) is 0. The zero-order valence-electron chi connectivity index (χ0n) is 17.6. The fourth-order valence-electron chi connectivity index (χ4n) is 3.32. The largest absolute Gasteiger partial charge is 0.493 e. The van der Waals surface area contributed by atoms with Gasteiger partial charge < -0.3 is 14.8 Å². The monoisotopic (exact) mass is 464 g/mol. The number of nitrogens with zero attached hydrogens (tertiary/aromatic N) is 1. The molecule has 7 heteroatoms. The number of carbonyl (C=O) groups is 1. The van der Waals surface area contributed by atoms with E-state index in [4.69, 9.17) is 21.1 Å². The predicted molar refractivity (Wildman–Crippen MR) is 130 cm³/mol. The lowest BCUT2D eigenvalue weighted by molar-refractivity contribution is 0.102. The van der Waals surface area contributed by atoms with E-state index < -0.39 is 0 Å². The van der Waals surface area contributed by atoms with Gasteiger partial charge in [0, 0.05) is 39.0 Å². The van der Waals surface area contributed by atoms with Crippen molar-refractivity contribution >= 4 is 45.9 Å². The Bertz CT molecular complexity index is 1260. The second kappa shape index (κ2) is 9.94. The summed E-state index contributed by atoms with van der Waals surface area (Å²) in [5, 5.41) is 4.54. The van der Waals surface area contributed by atoms with Crippen LogP contribution in [0.2, 0.25) is 5.02 Å². The second-order valence-corrected chi connectivity index (χ2v) is 8.39. The van der Waals surface area contributed by atoms with E-state index in [0.29, 0.717) is 33.5 Å². The molecule has 0 atom stereocenters. The summed E-state index contributed by atoms with van der Waals surface area (Å²) in [6, 6.07) is 20.4. The number of aromatic nitrogens is 1. The molecule has 0 bridgehead atoms. The van der Waals surface area contributed by atoms with E-state index in [1.807, 2.05) is 42.5 Å². The van der Waals surface area contributed by atoms with E-state index in [1.54, 1.807) is 56.4 Å². The molecular formula is C25H21ClN2O3S. The van der Waals surface area contributed by atoms with Crippen molar-refractivity contribution in [3.8, 4) is 11.5 Å². The van der Waals surface area contributed by atoms with E-state index in [1.165, 1.54) is 0 Å². The number of nitrogens with one attached hydrogen (secondary N) is 1. The highest BCUT2D eigenvalue weighted by Crippen LogP contribution is 2.35. The number of hydrogen-bond donors (Lipinski definition) is 1. The number of anilines is 1. The zero-order valence-corrected chi connectivity index (χ0v) is 19.2. The molecule has 1 N–H and O–H groups in total. The van der Waals surface area contributed by atoms with Crippen LogP contribution in [0.5, 0.6) is 11.5 Å². The summed E-state index contributed by atoms with van der Waals surface area (Å²) in [5.41, 5.74) is 3.23. The van der Waals surface area contributed by atoms with Crippen molar-refractivity contribution in [3.05, 3.63) is 89.1 Å². The first-order chi connectivity index (χ1) is 15.6. The number of amides is 1. The van der Waals surface area contributed by atoms with Gasteiger partial charge in [-0.2, -0.15) is 0 Å². The molecule has 0 aliphatic rings. The second-order valence-electron chi connectivity index (χ2n) is 6.94. The lowest BCUT2D eigenvalue weighted by Crippen LogP contribution is -2.12. The molecule has 0 saturated heterocycles. The summed E-state index contributed by atoms with van der Waals surface area (Å²) < 4.78 is 10.8. The molecule has 0 spiro atoms. The van der Waals surface area contributed by atoms with Gasteiger partial charge in [-0.05, 0) is 54.1 Å². The minimum absolute atomic E-state index is 0.165. The molecule has 0 saturated carbocycles. The molecule has 32 heavy (non-hydrogen) atoms. The average molecular weight is 465 g/mol. The number of benzene rings is 3. The molecule has 0 fully saturated rings. The number of rotatable bonds is 7. The van der Waals surface area contributed by atoms with E-state index >= 15 is 0 Å². The smallest absolute Gasteiger partial charge is 0.256 e. The SMILES string of the molecule is COc1cc2nccc(CSc3ccccc3C(=O)Nc3ccc(Cl)cc3)c2cc1OC. The minimum atomic E-state index is -0.165. The molecule has 3 aromatic carbocycles. The van der Waals surface area contributed by atoms with E-state index in [-0.39, 0.29) is 5.91 Å². The number of methoxy groups -OCH3 is 2. The van der Waals surface area contributed by atoms with Crippen LogP contribution in [-0.4, -0.2) is 25.1 Å². The lowest BCUT2D eigenvalue weighted by Gasteiger charge is -2.13. The molecule has 0 radical (unpaired) electrons. The van der Waals surface area contributed by atoms with Gasteiger partial charge in [-0.25, -0.2) is 0 Å². The number of pyridine rings is 1. The number of carbonyl (C=O) groups excluding carboxylic acids is 1. The Balaban J connectivity index is 1.57. The first-order valence-electron chi connectivity index (χ1n) is 9.87. The fraction of sp³-hybridized carbons (Fsp3) is 0.120. The summed E-state index contributed by atoms with van der Waals surface area (Å²) >= 11 is 7.53. The van der Waals surface area contributed by atoms with Gasteiger partial charge in [0.25, 0.3) is 5.91 Å². The van der Waals surface area contributed by atoms with Crippen molar-refractivity contribution in [1.29, 1.82) is 0 Å². The van der Waals surface area contributed by atoms with Gasteiger partial charge in [0.2, 0.25) is 0 Å². The van der Waals surface area contributed by atoms with Gasteiger partial charge >= 0.3 is 0 Å². The Morgan fingerprint density at radius 3 is 2.47 bits per heavy atom. The number of fused-ring (bicyclic) bond motifs is 1. The van der Waals surface area contributed by atoms with Crippen molar-refractivity contribution in [1.82, 2.24) is 4.98 Å². The molecule has 4 aromatic rings. The summed E-state index contributed by atoms with van der Waals surface area (Å²) in [5.74, 6) is 1.80. The zero-order chi connectivity index (χ0) is 22.5. The van der Waals surface area contributed by atoms with Crippen LogP contribution in [0.15, 0.2) is 77.8 Å². The Morgan fingerprint density at radius 2 is 1.72 bits per heavy atom. The van der Waals surface area contributed by atoms with Crippen LogP contribution in [0.4, 0.5) is 5.69 Å². The van der Waals surface area contributed by atoms with E-state index in [9.17, 15) is 4.79 Å². The summed E-state index contributed by atoms with van der Waals surface area (Å²) in [4.78, 5) is 18.3. The van der Waals surface area contributed by atoms with Crippen molar-refractivity contribution in [2.75, 3.05) is 19.5 Å². The van der Waals surface area contributed by atoms with E-state index in [0.717, 1.165) is 21.4 Å². The van der Waals surface area contributed by atoms with Gasteiger partial charge in [-0.15, -0.1) is 11.8 Å². The number of ether oxygens (including phenoxy) is 2. The molecular weight excluding hydrogens is 444 g/mol. The van der Waals surface area contributed by atoms with Crippen molar-refractivity contribution in [3.63, 3.8) is 0 Å². The molecule has 1 aromatic heterocycles. The highest BCUT2D eigenvalue weighted by atomic mass is 35.5. The maximum atomic E-state index is 12.9.